The van der Waals surface area contributed by atoms with Gasteiger partial charge in [0.25, 0.3) is 0 Å². The normalized spacial score (nSPS) is 11.1. The van der Waals surface area contributed by atoms with Crippen molar-refractivity contribution in [3.05, 3.63) is 23.3 Å². The maximum absolute atomic E-state index is 10.9. The maximum Gasteiger partial charge on any atom is 0.230 e. The van der Waals surface area contributed by atoms with Crippen LogP contribution in [0.25, 0.3) is 0 Å². The molecule has 0 spiro atoms. The fraction of sp³-hybridized carbons (Fsp3) is 0.583. The summed E-state index contributed by atoms with van der Waals surface area (Å²) in [4.78, 5) is 10.9. The zero-order chi connectivity index (χ0) is 11.7. The Bertz CT molecular complexity index is 252. The average Bonchev–Trinajstić information content (AvgIpc) is 2.17. The van der Waals surface area contributed by atoms with Gasteiger partial charge in [0.2, 0.25) is 5.91 Å². The number of allylic oxidation sites excluding steroid dienone is 3. The minimum Gasteiger partial charge on any atom is -0.352 e. The zero-order valence-electron chi connectivity index (χ0n) is 9.77. The summed E-state index contributed by atoms with van der Waals surface area (Å²) in [5, 5.41) is 3.16. The Kier molecular flexibility index (Phi) is 8.38. The lowest BCUT2D eigenvalue weighted by Crippen LogP contribution is -2.24. The molecule has 0 heterocycles. The van der Waals surface area contributed by atoms with Crippen LogP contribution in [0.15, 0.2) is 23.3 Å². The molecule has 1 amide bonds. The van der Waals surface area contributed by atoms with Crippen LogP contribution in [0.3, 0.4) is 0 Å². The van der Waals surface area contributed by atoms with Crippen LogP contribution >= 0.6 is 15.9 Å². The predicted molar refractivity (Wildman–Crippen MR) is 69.2 cm³/mol. The van der Waals surface area contributed by atoms with Crippen LogP contribution in [-0.2, 0) is 4.79 Å². The van der Waals surface area contributed by atoms with Crippen molar-refractivity contribution in [2.75, 3.05) is 11.9 Å². The molecule has 0 aliphatic carbocycles. The molecule has 0 radical (unpaired) electrons. The van der Waals surface area contributed by atoms with Crippen LogP contribution in [-0.4, -0.2) is 17.8 Å². The molecular weight excluding hydrogens is 254 g/mol. The van der Waals surface area contributed by atoms with Gasteiger partial charge in [-0.1, -0.05) is 39.2 Å². The van der Waals surface area contributed by atoms with E-state index in [-0.39, 0.29) is 5.91 Å². The van der Waals surface area contributed by atoms with E-state index < -0.39 is 0 Å². The first-order valence-corrected chi connectivity index (χ1v) is 6.30. The Hall–Kier alpha value is -0.570. The van der Waals surface area contributed by atoms with Gasteiger partial charge in [-0.25, -0.2) is 0 Å². The lowest BCUT2D eigenvalue weighted by atomic mass is 10.1. The molecule has 1 N–H and O–H groups in total. The molecule has 15 heavy (non-hydrogen) atoms. The minimum absolute atomic E-state index is 0.0309. The smallest absolute Gasteiger partial charge is 0.230 e. The molecule has 3 heteroatoms. The number of carbonyl (C=O) groups excluding carboxylic acids is 1. The van der Waals surface area contributed by atoms with Crippen LogP contribution in [0.1, 0.15) is 33.6 Å². The molecule has 0 unspecified atom stereocenters. The topological polar surface area (TPSA) is 29.1 Å². The fourth-order valence-corrected chi connectivity index (χ4v) is 1.28. The quantitative estimate of drug-likeness (QED) is 0.585. The SMILES string of the molecule is CC(C)=CCC/C(C)=C/CNC(=O)CBr. The van der Waals surface area contributed by atoms with Crippen molar-refractivity contribution < 1.29 is 4.79 Å². The van der Waals surface area contributed by atoms with Crippen LogP contribution in [0, 0.1) is 0 Å². The van der Waals surface area contributed by atoms with Crippen LogP contribution < -0.4 is 5.32 Å². The first-order chi connectivity index (χ1) is 7.06. The van der Waals surface area contributed by atoms with Crippen molar-refractivity contribution in [2.45, 2.75) is 33.6 Å². The van der Waals surface area contributed by atoms with Crippen molar-refractivity contribution in [2.24, 2.45) is 0 Å². The summed E-state index contributed by atoms with van der Waals surface area (Å²) in [6.45, 7) is 6.94. The Morgan fingerprint density at radius 1 is 1.27 bits per heavy atom. The lowest BCUT2D eigenvalue weighted by molar-refractivity contribution is -0.118. The average molecular weight is 274 g/mol. The van der Waals surface area contributed by atoms with Crippen molar-refractivity contribution in [3.8, 4) is 0 Å². The van der Waals surface area contributed by atoms with Gasteiger partial charge in [0, 0.05) is 6.54 Å². The van der Waals surface area contributed by atoms with Gasteiger partial charge in [0.15, 0.2) is 0 Å². The van der Waals surface area contributed by atoms with Crippen LogP contribution in [0.4, 0.5) is 0 Å². The Morgan fingerprint density at radius 2 is 1.93 bits per heavy atom. The van der Waals surface area contributed by atoms with Crippen molar-refractivity contribution in [1.29, 1.82) is 0 Å². The van der Waals surface area contributed by atoms with Gasteiger partial charge in [-0.2, -0.15) is 0 Å². The molecule has 0 saturated carbocycles. The molecule has 86 valence electrons. The first-order valence-electron chi connectivity index (χ1n) is 5.18. The third-order valence-electron chi connectivity index (χ3n) is 1.96. The van der Waals surface area contributed by atoms with Gasteiger partial charge in [-0.15, -0.1) is 0 Å². The Morgan fingerprint density at radius 3 is 2.47 bits per heavy atom. The largest absolute Gasteiger partial charge is 0.352 e. The second-order valence-electron chi connectivity index (χ2n) is 3.81. The molecule has 0 aliphatic rings. The van der Waals surface area contributed by atoms with Gasteiger partial charge in [-0.05, 0) is 33.6 Å². The number of amides is 1. The van der Waals surface area contributed by atoms with Gasteiger partial charge < -0.3 is 5.32 Å². The van der Waals surface area contributed by atoms with E-state index in [9.17, 15) is 4.79 Å². The predicted octanol–water partition coefficient (Wildman–Crippen LogP) is 3.19. The fourth-order valence-electron chi connectivity index (χ4n) is 1.08. The van der Waals surface area contributed by atoms with E-state index in [0.717, 1.165) is 12.8 Å². The molecule has 0 aromatic carbocycles. The minimum atomic E-state index is 0.0309. The molecule has 0 aromatic heterocycles. The van der Waals surface area contributed by atoms with Crippen molar-refractivity contribution in [3.63, 3.8) is 0 Å². The molecule has 0 atom stereocenters. The standard InChI is InChI=1S/C12H20BrNO/c1-10(2)5-4-6-11(3)7-8-14-12(15)9-13/h5,7H,4,6,8-9H2,1-3H3,(H,14,15)/b11-7+. The van der Waals surface area contributed by atoms with Crippen LogP contribution in [0.2, 0.25) is 0 Å². The van der Waals surface area contributed by atoms with Crippen LogP contribution in [0.5, 0.6) is 0 Å². The summed E-state index contributed by atoms with van der Waals surface area (Å²) in [6, 6.07) is 0. The molecule has 0 aliphatic heterocycles. The van der Waals surface area contributed by atoms with E-state index in [1.165, 1.54) is 11.1 Å². The summed E-state index contributed by atoms with van der Waals surface area (Å²) in [6.07, 6.45) is 6.44. The molecule has 0 aromatic rings. The van der Waals surface area contributed by atoms with E-state index in [2.05, 4.69) is 54.2 Å². The number of hydrogen-bond donors (Lipinski definition) is 1. The number of nitrogens with one attached hydrogen (secondary N) is 1. The summed E-state index contributed by atoms with van der Waals surface area (Å²) in [5.41, 5.74) is 2.68. The highest BCUT2D eigenvalue weighted by Gasteiger charge is 1.94. The van der Waals surface area contributed by atoms with Gasteiger partial charge in [-0.3, -0.25) is 4.79 Å². The molecule has 2 nitrogen and oxygen atoms in total. The third-order valence-corrected chi connectivity index (χ3v) is 2.47. The summed E-state index contributed by atoms with van der Waals surface area (Å²) in [5.74, 6) is 0.0309. The number of halogens is 1. The van der Waals surface area contributed by atoms with E-state index >= 15 is 0 Å². The summed E-state index contributed by atoms with van der Waals surface area (Å²) >= 11 is 3.10. The van der Waals surface area contributed by atoms with E-state index in [1.54, 1.807) is 0 Å². The molecule has 0 rings (SSSR count). The monoisotopic (exact) mass is 273 g/mol. The highest BCUT2D eigenvalue weighted by Crippen LogP contribution is 2.05. The maximum atomic E-state index is 10.9. The number of carbonyl (C=O) groups is 1. The Labute approximate surface area is 101 Å². The number of alkyl halides is 1. The highest BCUT2D eigenvalue weighted by molar-refractivity contribution is 9.09. The first kappa shape index (κ1) is 14.4. The van der Waals surface area contributed by atoms with Gasteiger partial charge in [0.1, 0.15) is 0 Å². The van der Waals surface area contributed by atoms with Gasteiger partial charge in [0.05, 0.1) is 5.33 Å². The summed E-state index contributed by atoms with van der Waals surface area (Å²) in [7, 11) is 0. The molecule has 0 saturated heterocycles. The van der Waals surface area contributed by atoms with E-state index in [4.69, 9.17) is 0 Å². The number of rotatable bonds is 6. The van der Waals surface area contributed by atoms with E-state index in [1.807, 2.05) is 0 Å². The zero-order valence-corrected chi connectivity index (χ0v) is 11.4. The number of hydrogen-bond acceptors (Lipinski definition) is 1. The summed E-state index contributed by atoms with van der Waals surface area (Å²) < 4.78 is 0. The van der Waals surface area contributed by atoms with Crippen molar-refractivity contribution in [1.82, 2.24) is 5.32 Å². The third kappa shape index (κ3) is 9.73. The molecule has 0 bridgehead atoms. The highest BCUT2D eigenvalue weighted by atomic mass is 79.9. The second-order valence-corrected chi connectivity index (χ2v) is 4.37. The van der Waals surface area contributed by atoms with Crippen molar-refractivity contribution >= 4 is 21.8 Å². The molecule has 0 fully saturated rings. The van der Waals surface area contributed by atoms with E-state index in [0.29, 0.717) is 11.9 Å². The Balaban J connectivity index is 3.70. The lowest BCUT2D eigenvalue weighted by Gasteiger charge is -2.01. The second kappa shape index (κ2) is 8.72. The molecular formula is C12H20BrNO. The van der Waals surface area contributed by atoms with Gasteiger partial charge >= 0.3 is 0 Å².